The molecule has 4 rings (SSSR count). The Hall–Kier alpha value is -4.93. The van der Waals surface area contributed by atoms with Gasteiger partial charge in [-0.1, -0.05) is 23.4 Å². The lowest BCUT2D eigenvalue weighted by molar-refractivity contribution is -0.156. The zero-order chi connectivity index (χ0) is 27.8. The third kappa shape index (κ3) is 4.73. The summed E-state index contributed by atoms with van der Waals surface area (Å²) in [7, 11) is 2.54. The Bertz CT molecular complexity index is 1600. The van der Waals surface area contributed by atoms with Gasteiger partial charge in [0.1, 0.15) is 23.7 Å². The molecule has 4 aromatic rings. The van der Waals surface area contributed by atoms with Crippen LogP contribution in [-0.4, -0.2) is 41.7 Å². The number of aryl methyl sites for hydroxylation is 2. The summed E-state index contributed by atoms with van der Waals surface area (Å²) < 4.78 is 51.5. The number of benzene rings is 1. The van der Waals surface area contributed by atoms with Crippen LogP contribution in [0.15, 0.2) is 52.2 Å². The summed E-state index contributed by atoms with van der Waals surface area (Å²) in [4.78, 5) is 29.5. The van der Waals surface area contributed by atoms with E-state index in [0.29, 0.717) is 4.57 Å². The minimum atomic E-state index is -5.04. The summed E-state index contributed by atoms with van der Waals surface area (Å²) >= 11 is 0. The Kier molecular flexibility index (Phi) is 6.77. The molecule has 0 saturated carbocycles. The molecule has 38 heavy (non-hydrogen) atoms. The first-order chi connectivity index (χ1) is 17.9. The van der Waals surface area contributed by atoms with Crippen LogP contribution in [0.5, 0.6) is 5.75 Å². The van der Waals surface area contributed by atoms with Crippen molar-refractivity contribution in [3.05, 3.63) is 87.2 Å². The number of amides is 1. The van der Waals surface area contributed by atoms with Gasteiger partial charge in [-0.3, -0.25) is 18.8 Å². The Morgan fingerprint density at radius 2 is 1.95 bits per heavy atom. The average Bonchev–Trinajstić information content (AvgIpc) is 3.49. The molecule has 0 unspecified atom stereocenters. The maximum Gasteiger partial charge on any atom is 0.399 e. The maximum atomic E-state index is 15.0. The van der Waals surface area contributed by atoms with Gasteiger partial charge in [-0.25, -0.2) is 4.98 Å². The average molecular weight is 527 g/mol. The standard InChI is InChI=1S/C24H20F3N7O4/c1-12-16(10-33(2)32-12)17(15-7-5-4-6-13(15)8-28)18(24(25,26)27)21-31-19(20(35)23(37)34(21)3)22(36)30-14-9-29-38-11-14/h4-7,9-11,17-18,35H,1-3H3,(H,30,36)/t17-,18-/m1/s1. The largest absolute Gasteiger partial charge is 0.501 e. The predicted octanol–water partition coefficient (Wildman–Crippen LogP) is 3.12. The summed E-state index contributed by atoms with van der Waals surface area (Å²) in [5.41, 5.74) is -1.78. The van der Waals surface area contributed by atoms with Crippen molar-refractivity contribution in [1.29, 1.82) is 5.26 Å². The molecule has 0 aliphatic rings. The maximum absolute atomic E-state index is 15.0. The summed E-state index contributed by atoms with van der Waals surface area (Å²) in [6, 6.07) is 7.68. The second kappa shape index (κ2) is 9.85. The fraction of sp³-hybridized carbons (Fsp3) is 0.250. The number of aromatic nitrogens is 5. The molecule has 196 valence electrons. The lowest BCUT2D eigenvalue weighted by Gasteiger charge is -2.30. The lowest BCUT2D eigenvalue weighted by atomic mass is 9.78. The Morgan fingerprint density at radius 3 is 2.53 bits per heavy atom. The molecule has 11 nitrogen and oxygen atoms in total. The van der Waals surface area contributed by atoms with E-state index in [2.05, 4.69) is 25.1 Å². The van der Waals surface area contributed by atoms with Crippen LogP contribution < -0.4 is 10.9 Å². The van der Waals surface area contributed by atoms with E-state index in [0.717, 1.165) is 19.5 Å². The zero-order valence-corrected chi connectivity index (χ0v) is 20.2. The number of anilines is 1. The molecule has 0 fully saturated rings. The van der Waals surface area contributed by atoms with Crippen LogP contribution >= 0.6 is 0 Å². The quantitative estimate of drug-likeness (QED) is 0.388. The first-order valence-corrected chi connectivity index (χ1v) is 11.0. The molecular formula is C24H20F3N7O4. The minimum absolute atomic E-state index is 0.0197. The first-order valence-electron chi connectivity index (χ1n) is 11.0. The van der Waals surface area contributed by atoms with E-state index in [-0.39, 0.29) is 28.1 Å². The smallest absolute Gasteiger partial charge is 0.399 e. The molecule has 2 N–H and O–H groups in total. The van der Waals surface area contributed by atoms with Gasteiger partial charge in [-0.05, 0) is 18.6 Å². The number of nitrogens with one attached hydrogen (secondary N) is 1. The number of alkyl halides is 3. The molecule has 1 amide bonds. The van der Waals surface area contributed by atoms with Gasteiger partial charge < -0.3 is 14.9 Å². The van der Waals surface area contributed by atoms with E-state index in [4.69, 9.17) is 0 Å². The van der Waals surface area contributed by atoms with Gasteiger partial charge in [-0.2, -0.15) is 23.5 Å². The summed E-state index contributed by atoms with van der Waals surface area (Å²) in [6.45, 7) is 1.52. The van der Waals surface area contributed by atoms with Gasteiger partial charge in [0.05, 0.1) is 23.5 Å². The van der Waals surface area contributed by atoms with E-state index in [1.54, 1.807) is 0 Å². The highest BCUT2D eigenvalue weighted by molar-refractivity contribution is 6.04. The normalized spacial score (nSPS) is 13.1. The van der Waals surface area contributed by atoms with Crippen LogP contribution in [0, 0.1) is 18.3 Å². The molecule has 0 saturated heterocycles. The molecule has 0 radical (unpaired) electrons. The van der Waals surface area contributed by atoms with Gasteiger partial charge in [-0.15, -0.1) is 0 Å². The van der Waals surface area contributed by atoms with Gasteiger partial charge >= 0.3 is 6.18 Å². The molecule has 0 aliphatic carbocycles. The van der Waals surface area contributed by atoms with Gasteiger partial charge in [0.25, 0.3) is 11.5 Å². The number of nitriles is 1. The molecule has 2 atom stereocenters. The summed E-state index contributed by atoms with van der Waals surface area (Å²) in [5.74, 6) is -7.26. The van der Waals surface area contributed by atoms with Gasteiger partial charge in [0.2, 0.25) is 5.75 Å². The summed E-state index contributed by atoms with van der Waals surface area (Å²) in [6.07, 6.45) is -1.50. The second-order valence-electron chi connectivity index (χ2n) is 8.44. The predicted molar refractivity (Wildman–Crippen MR) is 125 cm³/mol. The van der Waals surface area contributed by atoms with Crippen LogP contribution in [0.3, 0.4) is 0 Å². The van der Waals surface area contributed by atoms with Crippen molar-refractivity contribution in [2.24, 2.45) is 14.1 Å². The van der Waals surface area contributed by atoms with E-state index < -0.39 is 46.7 Å². The van der Waals surface area contributed by atoms with Crippen LogP contribution in [0.4, 0.5) is 18.9 Å². The number of aromatic hydroxyl groups is 1. The van der Waals surface area contributed by atoms with Crippen molar-refractivity contribution in [3.8, 4) is 11.8 Å². The highest BCUT2D eigenvalue weighted by atomic mass is 19.4. The number of halogens is 3. The Balaban J connectivity index is 2.01. The number of carbonyl (C=O) groups is 1. The van der Waals surface area contributed by atoms with Crippen molar-refractivity contribution >= 4 is 11.6 Å². The van der Waals surface area contributed by atoms with Crippen molar-refractivity contribution < 1.29 is 27.6 Å². The monoisotopic (exact) mass is 527 g/mol. The second-order valence-corrected chi connectivity index (χ2v) is 8.44. The summed E-state index contributed by atoms with van der Waals surface area (Å²) in [5, 5.41) is 29.9. The lowest BCUT2D eigenvalue weighted by Crippen LogP contribution is -2.36. The van der Waals surface area contributed by atoms with E-state index in [1.807, 2.05) is 6.07 Å². The van der Waals surface area contributed by atoms with E-state index in [9.17, 15) is 20.0 Å². The number of hydrogen-bond acceptors (Lipinski definition) is 8. The van der Waals surface area contributed by atoms with Crippen molar-refractivity contribution in [2.75, 3.05) is 5.32 Å². The highest BCUT2D eigenvalue weighted by Gasteiger charge is 2.51. The van der Waals surface area contributed by atoms with Gasteiger partial charge in [0.15, 0.2) is 5.69 Å². The fourth-order valence-electron chi connectivity index (χ4n) is 4.30. The first kappa shape index (κ1) is 26.1. The number of carbonyl (C=O) groups excluding carboxylic acids is 1. The Labute approximate surface area is 212 Å². The molecule has 3 heterocycles. The number of rotatable bonds is 6. The van der Waals surface area contributed by atoms with Gasteiger partial charge in [0, 0.05) is 31.8 Å². The Morgan fingerprint density at radius 1 is 1.24 bits per heavy atom. The molecule has 1 aromatic carbocycles. The molecular weight excluding hydrogens is 507 g/mol. The topological polar surface area (TPSA) is 152 Å². The van der Waals surface area contributed by atoms with Crippen LogP contribution in [0.2, 0.25) is 0 Å². The van der Waals surface area contributed by atoms with Crippen LogP contribution in [0.25, 0.3) is 0 Å². The minimum Gasteiger partial charge on any atom is -0.501 e. The third-order valence-electron chi connectivity index (χ3n) is 5.97. The highest BCUT2D eigenvalue weighted by Crippen LogP contribution is 2.48. The molecule has 14 heteroatoms. The molecule has 0 spiro atoms. The number of hydrogen-bond donors (Lipinski definition) is 2. The van der Waals surface area contributed by atoms with Crippen molar-refractivity contribution in [3.63, 3.8) is 0 Å². The van der Waals surface area contributed by atoms with E-state index in [1.165, 1.54) is 49.1 Å². The van der Waals surface area contributed by atoms with Crippen LogP contribution in [0.1, 0.15) is 50.5 Å². The molecule has 0 bridgehead atoms. The van der Waals surface area contributed by atoms with Crippen LogP contribution in [-0.2, 0) is 14.1 Å². The van der Waals surface area contributed by atoms with Crippen molar-refractivity contribution in [1.82, 2.24) is 24.5 Å². The fourth-order valence-corrected chi connectivity index (χ4v) is 4.30. The number of nitrogens with zero attached hydrogens (tertiary/aromatic N) is 6. The SMILES string of the molecule is Cc1nn(C)cc1[C@@H](c1ccccc1C#N)[C@H](c1nc(C(=O)Nc2cnoc2)c(O)c(=O)n1C)C(F)(F)F. The molecule has 0 aliphatic heterocycles. The third-order valence-corrected chi connectivity index (χ3v) is 5.97. The van der Waals surface area contributed by atoms with E-state index >= 15 is 13.2 Å². The van der Waals surface area contributed by atoms with Crippen molar-refractivity contribution in [2.45, 2.75) is 24.9 Å². The zero-order valence-electron chi connectivity index (χ0n) is 20.2. The molecule has 3 aromatic heterocycles.